The van der Waals surface area contributed by atoms with E-state index in [2.05, 4.69) is 20.8 Å². The second-order valence-electron chi connectivity index (χ2n) is 4.36. The summed E-state index contributed by atoms with van der Waals surface area (Å²) in [4.78, 5) is 0. The average Bonchev–Trinajstić information content (AvgIpc) is 1.94. The number of hydrogen-bond acceptors (Lipinski definition) is 1. The van der Waals surface area contributed by atoms with Crippen LogP contribution in [-0.4, -0.2) is 10.7 Å². The van der Waals surface area contributed by atoms with E-state index in [1.807, 2.05) is 6.08 Å². The van der Waals surface area contributed by atoms with E-state index in [4.69, 9.17) is 0 Å². The fourth-order valence-corrected chi connectivity index (χ4v) is 2.07. The van der Waals surface area contributed by atoms with Gasteiger partial charge in [0.05, 0.1) is 5.60 Å². The van der Waals surface area contributed by atoms with Crippen molar-refractivity contribution in [1.82, 2.24) is 0 Å². The molecule has 1 nitrogen and oxygen atoms in total. The van der Waals surface area contributed by atoms with Crippen LogP contribution in [0.25, 0.3) is 0 Å². The van der Waals surface area contributed by atoms with E-state index in [1.54, 1.807) is 0 Å². The minimum atomic E-state index is -0.503. The molecule has 0 saturated heterocycles. The molecule has 2 atom stereocenters. The molecule has 1 fully saturated rings. The molecule has 0 aliphatic heterocycles. The van der Waals surface area contributed by atoms with E-state index in [9.17, 15) is 5.11 Å². The van der Waals surface area contributed by atoms with Crippen LogP contribution >= 0.6 is 0 Å². The number of allylic oxidation sites excluding steroid dienone is 1. The van der Waals surface area contributed by atoms with Crippen molar-refractivity contribution in [3.63, 3.8) is 0 Å². The normalized spacial score (nSPS) is 36.2. The Kier molecular flexibility index (Phi) is 2.94. The van der Waals surface area contributed by atoms with Crippen LogP contribution in [-0.2, 0) is 0 Å². The fraction of sp³-hybridized carbons (Fsp3) is 0.818. The third kappa shape index (κ3) is 2.10. The van der Waals surface area contributed by atoms with Gasteiger partial charge in [0.1, 0.15) is 0 Å². The molecule has 1 N–H and O–H groups in total. The SMILES string of the molecule is CC(C)=CC1(O)CCCCC1C. The van der Waals surface area contributed by atoms with Crippen molar-refractivity contribution in [3.05, 3.63) is 11.6 Å². The summed E-state index contributed by atoms with van der Waals surface area (Å²) >= 11 is 0. The van der Waals surface area contributed by atoms with Gasteiger partial charge in [0.25, 0.3) is 0 Å². The van der Waals surface area contributed by atoms with Crippen molar-refractivity contribution < 1.29 is 5.11 Å². The van der Waals surface area contributed by atoms with Gasteiger partial charge in [0.2, 0.25) is 0 Å². The summed E-state index contributed by atoms with van der Waals surface area (Å²) in [6.07, 6.45) is 6.60. The zero-order chi connectivity index (χ0) is 9.19. The van der Waals surface area contributed by atoms with Gasteiger partial charge in [-0.15, -0.1) is 0 Å². The van der Waals surface area contributed by atoms with E-state index < -0.39 is 5.60 Å². The molecule has 0 aromatic carbocycles. The molecular formula is C11H20O. The summed E-state index contributed by atoms with van der Waals surface area (Å²) in [5.74, 6) is 0.432. The lowest BCUT2D eigenvalue weighted by atomic mass is 9.76. The van der Waals surface area contributed by atoms with Crippen LogP contribution in [0.2, 0.25) is 0 Å². The highest BCUT2D eigenvalue weighted by molar-refractivity contribution is 5.09. The Hall–Kier alpha value is -0.300. The highest BCUT2D eigenvalue weighted by atomic mass is 16.3. The summed E-state index contributed by atoms with van der Waals surface area (Å²) in [5.41, 5.74) is 0.725. The second kappa shape index (κ2) is 3.61. The predicted octanol–water partition coefficient (Wildman–Crippen LogP) is 2.89. The van der Waals surface area contributed by atoms with Crippen LogP contribution < -0.4 is 0 Å². The van der Waals surface area contributed by atoms with Gasteiger partial charge in [0, 0.05) is 0 Å². The van der Waals surface area contributed by atoms with E-state index in [0.717, 1.165) is 6.42 Å². The molecule has 2 unspecified atom stereocenters. The molecule has 70 valence electrons. The summed E-state index contributed by atoms with van der Waals surface area (Å²) in [7, 11) is 0. The first-order valence-electron chi connectivity index (χ1n) is 4.93. The lowest BCUT2D eigenvalue weighted by Crippen LogP contribution is -2.37. The summed E-state index contributed by atoms with van der Waals surface area (Å²) in [6, 6.07) is 0. The lowest BCUT2D eigenvalue weighted by molar-refractivity contribution is 0.00279. The maximum Gasteiger partial charge on any atom is 0.0855 e. The maximum atomic E-state index is 10.2. The third-order valence-electron chi connectivity index (χ3n) is 2.86. The molecule has 1 heteroatoms. The molecule has 1 aliphatic carbocycles. The Balaban J connectivity index is 2.72. The first-order chi connectivity index (χ1) is 5.54. The van der Waals surface area contributed by atoms with Crippen LogP contribution in [0, 0.1) is 5.92 Å². The van der Waals surface area contributed by atoms with Gasteiger partial charge < -0.3 is 5.11 Å². The van der Waals surface area contributed by atoms with Gasteiger partial charge in [-0.1, -0.05) is 31.4 Å². The first-order valence-corrected chi connectivity index (χ1v) is 4.93. The van der Waals surface area contributed by atoms with Gasteiger partial charge in [-0.3, -0.25) is 0 Å². The fourth-order valence-electron chi connectivity index (χ4n) is 2.07. The Morgan fingerprint density at radius 2 is 2.08 bits per heavy atom. The monoisotopic (exact) mass is 168 g/mol. The molecule has 0 aromatic heterocycles. The number of rotatable bonds is 1. The maximum absolute atomic E-state index is 10.2. The molecule has 1 saturated carbocycles. The van der Waals surface area contributed by atoms with E-state index in [1.165, 1.54) is 24.8 Å². The lowest BCUT2D eigenvalue weighted by Gasteiger charge is -2.36. The molecule has 0 amide bonds. The van der Waals surface area contributed by atoms with E-state index in [0.29, 0.717) is 5.92 Å². The van der Waals surface area contributed by atoms with E-state index >= 15 is 0 Å². The van der Waals surface area contributed by atoms with Crippen LogP contribution in [0.15, 0.2) is 11.6 Å². The number of hydrogen-bond donors (Lipinski definition) is 1. The smallest absolute Gasteiger partial charge is 0.0855 e. The van der Waals surface area contributed by atoms with Crippen LogP contribution in [0.1, 0.15) is 46.5 Å². The molecule has 0 heterocycles. The molecular weight excluding hydrogens is 148 g/mol. The Morgan fingerprint density at radius 3 is 2.58 bits per heavy atom. The van der Waals surface area contributed by atoms with Crippen molar-refractivity contribution in [1.29, 1.82) is 0 Å². The predicted molar refractivity (Wildman–Crippen MR) is 52.0 cm³/mol. The van der Waals surface area contributed by atoms with Gasteiger partial charge >= 0.3 is 0 Å². The zero-order valence-corrected chi connectivity index (χ0v) is 8.43. The van der Waals surface area contributed by atoms with Gasteiger partial charge in [-0.2, -0.15) is 0 Å². The van der Waals surface area contributed by atoms with Crippen molar-refractivity contribution in [2.24, 2.45) is 5.92 Å². The minimum Gasteiger partial charge on any atom is -0.386 e. The van der Waals surface area contributed by atoms with Crippen LogP contribution in [0.4, 0.5) is 0 Å². The topological polar surface area (TPSA) is 20.2 Å². The first kappa shape index (κ1) is 9.79. The second-order valence-corrected chi connectivity index (χ2v) is 4.36. The molecule has 1 aliphatic rings. The van der Waals surface area contributed by atoms with Gasteiger partial charge in [0.15, 0.2) is 0 Å². The van der Waals surface area contributed by atoms with Gasteiger partial charge in [-0.25, -0.2) is 0 Å². The Bertz CT molecular complexity index is 179. The molecule has 0 radical (unpaired) electrons. The third-order valence-corrected chi connectivity index (χ3v) is 2.86. The molecule has 1 rings (SSSR count). The number of aliphatic hydroxyl groups is 1. The summed E-state index contributed by atoms with van der Waals surface area (Å²) < 4.78 is 0. The molecule has 0 spiro atoms. The summed E-state index contributed by atoms with van der Waals surface area (Å²) in [6.45, 7) is 6.26. The van der Waals surface area contributed by atoms with Crippen molar-refractivity contribution >= 4 is 0 Å². The molecule has 0 bridgehead atoms. The highest BCUT2D eigenvalue weighted by Gasteiger charge is 2.33. The van der Waals surface area contributed by atoms with Crippen LogP contribution in [0.3, 0.4) is 0 Å². The Labute approximate surface area is 75.5 Å². The standard InChI is InChI=1S/C11H20O/c1-9(2)8-11(12)7-5-4-6-10(11)3/h8,10,12H,4-7H2,1-3H3. The summed E-state index contributed by atoms with van der Waals surface area (Å²) in [5, 5.41) is 10.2. The van der Waals surface area contributed by atoms with Crippen molar-refractivity contribution in [3.8, 4) is 0 Å². The largest absolute Gasteiger partial charge is 0.386 e. The van der Waals surface area contributed by atoms with Crippen molar-refractivity contribution in [2.75, 3.05) is 0 Å². The molecule has 12 heavy (non-hydrogen) atoms. The minimum absolute atomic E-state index is 0.432. The zero-order valence-electron chi connectivity index (χ0n) is 8.43. The quantitative estimate of drug-likeness (QED) is 0.597. The average molecular weight is 168 g/mol. The van der Waals surface area contributed by atoms with Crippen molar-refractivity contribution in [2.45, 2.75) is 52.1 Å². The molecule has 0 aromatic rings. The van der Waals surface area contributed by atoms with Crippen LogP contribution in [0.5, 0.6) is 0 Å². The Morgan fingerprint density at radius 1 is 1.42 bits per heavy atom. The van der Waals surface area contributed by atoms with E-state index in [-0.39, 0.29) is 0 Å². The highest BCUT2D eigenvalue weighted by Crippen LogP contribution is 2.35. The van der Waals surface area contributed by atoms with Gasteiger partial charge in [-0.05, 0) is 32.6 Å².